The maximum Gasteiger partial charge on any atom is 0.270 e. The number of halogens is 2. The molecule has 0 atom stereocenters. The van der Waals surface area contributed by atoms with Crippen LogP contribution >= 0.6 is 24.8 Å². The number of nitrogens with zero attached hydrogens (tertiary/aromatic N) is 2. The van der Waals surface area contributed by atoms with E-state index in [1.54, 1.807) is 24.4 Å². The first kappa shape index (κ1) is 22.6. The first-order chi connectivity index (χ1) is 10.8. The predicted molar refractivity (Wildman–Crippen MR) is 98.0 cm³/mol. The second-order valence-corrected chi connectivity index (χ2v) is 5.19. The van der Waals surface area contributed by atoms with Gasteiger partial charge >= 0.3 is 0 Å². The predicted octanol–water partition coefficient (Wildman–Crippen LogP) is 0.0665. The molecular weight excluding hydrogens is 353 g/mol. The van der Waals surface area contributed by atoms with Gasteiger partial charge in [0.15, 0.2) is 0 Å². The Bertz CT molecular complexity index is 484. The van der Waals surface area contributed by atoms with Gasteiger partial charge in [0.05, 0.1) is 6.54 Å². The minimum absolute atomic E-state index is 0. The fourth-order valence-corrected chi connectivity index (χ4v) is 2.28. The van der Waals surface area contributed by atoms with Gasteiger partial charge < -0.3 is 20.9 Å². The molecule has 0 saturated carbocycles. The Morgan fingerprint density at radius 1 is 1.17 bits per heavy atom. The van der Waals surface area contributed by atoms with E-state index in [2.05, 4.69) is 25.8 Å². The second-order valence-electron chi connectivity index (χ2n) is 5.19. The van der Waals surface area contributed by atoms with E-state index >= 15 is 0 Å². The molecule has 0 spiro atoms. The van der Waals surface area contributed by atoms with Crippen molar-refractivity contribution in [2.24, 2.45) is 0 Å². The number of hydrogen-bond acceptors (Lipinski definition) is 5. The van der Waals surface area contributed by atoms with Crippen LogP contribution in [-0.4, -0.2) is 67.5 Å². The van der Waals surface area contributed by atoms with E-state index in [1.807, 2.05) is 0 Å². The lowest BCUT2D eigenvalue weighted by molar-refractivity contribution is -0.120. The molecule has 0 aromatic carbocycles. The molecular formula is C15H25Cl2N5O2. The van der Waals surface area contributed by atoms with Crippen molar-refractivity contribution in [3.8, 4) is 0 Å². The van der Waals surface area contributed by atoms with E-state index in [9.17, 15) is 9.59 Å². The molecule has 1 fully saturated rings. The number of nitrogens with one attached hydrogen (secondary N) is 3. The molecule has 0 unspecified atom stereocenters. The zero-order valence-corrected chi connectivity index (χ0v) is 15.1. The molecule has 3 N–H and O–H groups in total. The third-order valence-corrected chi connectivity index (χ3v) is 3.49. The molecule has 1 aliphatic rings. The van der Waals surface area contributed by atoms with Crippen molar-refractivity contribution in [2.75, 3.05) is 45.8 Å². The highest BCUT2D eigenvalue weighted by Crippen LogP contribution is 1.94. The molecule has 9 heteroatoms. The molecule has 2 amide bonds. The highest BCUT2D eigenvalue weighted by atomic mass is 35.5. The normalized spacial score (nSPS) is 14.0. The zero-order valence-electron chi connectivity index (χ0n) is 13.5. The summed E-state index contributed by atoms with van der Waals surface area (Å²) in [6.45, 7) is 5.79. The van der Waals surface area contributed by atoms with Crippen LogP contribution in [0.15, 0.2) is 24.4 Å². The number of piperazine rings is 1. The third kappa shape index (κ3) is 8.44. The molecule has 1 aromatic rings. The number of aromatic nitrogens is 1. The van der Waals surface area contributed by atoms with Gasteiger partial charge in [-0.05, 0) is 25.1 Å². The fourth-order valence-electron chi connectivity index (χ4n) is 2.28. The second kappa shape index (κ2) is 12.9. The summed E-state index contributed by atoms with van der Waals surface area (Å²) in [4.78, 5) is 29.7. The van der Waals surface area contributed by atoms with Gasteiger partial charge in [-0.25, -0.2) is 0 Å². The van der Waals surface area contributed by atoms with Crippen LogP contribution in [0.25, 0.3) is 0 Å². The molecule has 1 aliphatic heterocycles. The molecule has 1 aromatic heterocycles. The first-order valence-electron chi connectivity index (χ1n) is 7.65. The monoisotopic (exact) mass is 377 g/mol. The van der Waals surface area contributed by atoms with Crippen molar-refractivity contribution in [3.05, 3.63) is 30.1 Å². The number of pyridine rings is 1. The summed E-state index contributed by atoms with van der Waals surface area (Å²) in [5.74, 6) is -0.513. The average molecular weight is 378 g/mol. The SMILES string of the molecule is Cl.Cl.O=C(CNC(=O)c1ccccn1)NCCCN1CCNCC1. The Balaban J connectivity index is 0.00000264. The zero-order chi connectivity index (χ0) is 15.6. The quantitative estimate of drug-likeness (QED) is 0.585. The highest BCUT2D eigenvalue weighted by Gasteiger charge is 2.10. The summed E-state index contributed by atoms with van der Waals surface area (Å²) in [7, 11) is 0. The van der Waals surface area contributed by atoms with Crippen LogP contribution < -0.4 is 16.0 Å². The number of amides is 2. The lowest BCUT2D eigenvalue weighted by Gasteiger charge is -2.27. The molecule has 0 aliphatic carbocycles. The molecule has 0 bridgehead atoms. The van der Waals surface area contributed by atoms with Gasteiger partial charge in [-0.2, -0.15) is 0 Å². The van der Waals surface area contributed by atoms with Gasteiger partial charge in [-0.15, -0.1) is 24.8 Å². The standard InChI is InChI=1S/C15H23N5O2.2ClH/c21-14(12-19-15(22)13-4-1-2-5-17-13)18-6-3-9-20-10-7-16-8-11-20;;/h1-2,4-5,16H,3,6-12H2,(H,18,21)(H,19,22);2*1H. The van der Waals surface area contributed by atoms with Crippen molar-refractivity contribution in [1.82, 2.24) is 25.8 Å². The largest absolute Gasteiger partial charge is 0.355 e. The highest BCUT2D eigenvalue weighted by molar-refractivity contribution is 5.94. The van der Waals surface area contributed by atoms with Gasteiger partial charge in [0.25, 0.3) is 5.91 Å². The van der Waals surface area contributed by atoms with Gasteiger partial charge in [0.1, 0.15) is 5.69 Å². The van der Waals surface area contributed by atoms with Crippen molar-refractivity contribution in [2.45, 2.75) is 6.42 Å². The Morgan fingerprint density at radius 3 is 2.58 bits per heavy atom. The number of carbonyl (C=O) groups is 2. The van der Waals surface area contributed by atoms with Crippen LogP contribution in [-0.2, 0) is 4.79 Å². The minimum Gasteiger partial charge on any atom is -0.355 e. The lowest BCUT2D eigenvalue weighted by atomic mass is 10.3. The fraction of sp³-hybridized carbons (Fsp3) is 0.533. The Labute approximate surface area is 154 Å². The summed E-state index contributed by atoms with van der Waals surface area (Å²) >= 11 is 0. The van der Waals surface area contributed by atoms with Crippen LogP contribution in [0.2, 0.25) is 0 Å². The number of rotatable bonds is 7. The average Bonchev–Trinajstić information content (AvgIpc) is 2.58. The Morgan fingerprint density at radius 2 is 1.92 bits per heavy atom. The van der Waals surface area contributed by atoms with Crippen molar-refractivity contribution >= 4 is 36.6 Å². The summed E-state index contributed by atoms with van der Waals surface area (Å²) in [5.41, 5.74) is 0.314. The summed E-state index contributed by atoms with van der Waals surface area (Å²) < 4.78 is 0. The topological polar surface area (TPSA) is 86.4 Å². The van der Waals surface area contributed by atoms with Crippen molar-refractivity contribution in [1.29, 1.82) is 0 Å². The van der Waals surface area contributed by atoms with E-state index < -0.39 is 0 Å². The molecule has 2 rings (SSSR count). The Kier molecular flexibility index (Phi) is 12.2. The summed E-state index contributed by atoms with van der Waals surface area (Å²) in [6.07, 6.45) is 2.46. The molecule has 1 saturated heterocycles. The maximum absolute atomic E-state index is 11.7. The number of carbonyl (C=O) groups excluding carboxylic acids is 2. The molecule has 7 nitrogen and oxygen atoms in total. The van der Waals surface area contributed by atoms with Crippen LogP contribution in [0.3, 0.4) is 0 Å². The van der Waals surface area contributed by atoms with Crippen LogP contribution in [0.4, 0.5) is 0 Å². The van der Waals surface area contributed by atoms with Crippen molar-refractivity contribution in [3.63, 3.8) is 0 Å². The van der Waals surface area contributed by atoms with Crippen LogP contribution in [0, 0.1) is 0 Å². The van der Waals surface area contributed by atoms with E-state index in [0.717, 1.165) is 39.1 Å². The van der Waals surface area contributed by atoms with Gasteiger partial charge in [0.2, 0.25) is 5.91 Å². The van der Waals surface area contributed by atoms with E-state index in [1.165, 1.54) is 0 Å². The summed E-state index contributed by atoms with van der Waals surface area (Å²) in [5, 5.41) is 8.68. The third-order valence-electron chi connectivity index (χ3n) is 3.49. The lowest BCUT2D eigenvalue weighted by Crippen LogP contribution is -2.44. The van der Waals surface area contributed by atoms with Crippen molar-refractivity contribution < 1.29 is 9.59 Å². The van der Waals surface area contributed by atoms with Crippen LogP contribution in [0.1, 0.15) is 16.9 Å². The van der Waals surface area contributed by atoms with Gasteiger partial charge in [-0.1, -0.05) is 6.07 Å². The molecule has 136 valence electrons. The van der Waals surface area contributed by atoms with E-state index in [-0.39, 0.29) is 43.2 Å². The van der Waals surface area contributed by atoms with Gasteiger partial charge in [-0.3, -0.25) is 14.6 Å². The first-order valence-corrected chi connectivity index (χ1v) is 7.65. The summed E-state index contributed by atoms with van der Waals surface area (Å²) in [6, 6.07) is 5.08. The number of hydrogen-bond donors (Lipinski definition) is 3. The molecule has 0 radical (unpaired) electrons. The van der Waals surface area contributed by atoms with E-state index in [0.29, 0.717) is 12.2 Å². The maximum atomic E-state index is 11.7. The van der Waals surface area contributed by atoms with Crippen LogP contribution in [0.5, 0.6) is 0 Å². The molecule has 2 heterocycles. The smallest absolute Gasteiger partial charge is 0.270 e. The molecule has 24 heavy (non-hydrogen) atoms. The Hall–Kier alpha value is -1.41. The minimum atomic E-state index is -0.337. The van der Waals surface area contributed by atoms with Gasteiger partial charge in [0, 0.05) is 38.9 Å². The van der Waals surface area contributed by atoms with E-state index in [4.69, 9.17) is 0 Å².